The van der Waals surface area contributed by atoms with Gasteiger partial charge in [-0.2, -0.15) is 18.2 Å². The molecule has 0 saturated heterocycles. The normalized spacial score (nSPS) is 13.1. The molecule has 0 fully saturated rings. The van der Waals surface area contributed by atoms with Gasteiger partial charge in [-0.1, -0.05) is 12.1 Å². The zero-order valence-electron chi connectivity index (χ0n) is 22.2. The minimum absolute atomic E-state index is 0.143. The van der Waals surface area contributed by atoms with Gasteiger partial charge in [0, 0.05) is 36.3 Å². The number of aryl methyl sites for hydroxylation is 1. The van der Waals surface area contributed by atoms with E-state index >= 15 is 0 Å². The summed E-state index contributed by atoms with van der Waals surface area (Å²) in [6, 6.07) is 12.2. The number of nitrogens with zero attached hydrogens (tertiary/aromatic N) is 5. The Bertz CT molecular complexity index is 1640. The largest absolute Gasteiger partial charge is 0.480 e. The number of halogens is 3. The van der Waals surface area contributed by atoms with Gasteiger partial charge >= 0.3 is 12.2 Å². The van der Waals surface area contributed by atoms with E-state index in [-0.39, 0.29) is 24.1 Å². The van der Waals surface area contributed by atoms with Gasteiger partial charge in [0.1, 0.15) is 11.5 Å². The van der Waals surface area contributed by atoms with Crippen molar-refractivity contribution in [2.45, 2.75) is 19.6 Å². The van der Waals surface area contributed by atoms with Crippen LogP contribution in [0.2, 0.25) is 0 Å². The molecule has 0 atom stereocenters. The minimum Gasteiger partial charge on any atom is -0.480 e. The van der Waals surface area contributed by atoms with Crippen LogP contribution in [0, 0.1) is 6.92 Å². The molecule has 10 nitrogen and oxygen atoms in total. The molecule has 2 N–H and O–H groups in total. The Labute approximate surface area is 232 Å². The van der Waals surface area contributed by atoms with E-state index in [1.54, 1.807) is 56.7 Å². The summed E-state index contributed by atoms with van der Waals surface area (Å²) in [7, 11) is 3.08. The van der Waals surface area contributed by atoms with Gasteiger partial charge in [-0.25, -0.2) is 14.8 Å². The molecule has 0 bridgehead atoms. The molecule has 0 unspecified atom stereocenters. The van der Waals surface area contributed by atoms with Crippen LogP contribution < -0.4 is 25.2 Å². The second-order valence-electron chi connectivity index (χ2n) is 9.19. The number of nitrogens with one attached hydrogen (secondary N) is 2. The Balaban J connectivity index is 1.38. The monoisotopic (exact) mass is 563 g/mol. The van der Waals surface area contributed by atoms with Gasteiger partial charge in [0.15, 0.2) is 0 Å². The van der Waals surface area contributed by atoms with E-state index in [2.05, 4.69) is 25.6 Å². The van der Waals surface area contributed by atoms with Gasteiger partial charge in [0.2, 0.25) is 11.8 Å². The van der Waals surface area contributed by atoms with E-state index < -0.39 is 17.6 Å². The van der Waals surface area contributed by atoms with Crippen molar-refractivity contribution >= 4 is 40.8 Å². The molecule has 1 aliphatic heterocycles. The Morgan fingerprint density at radius 2 is 1.88 bits per heavy atom. The summed E-state index contributed by atoms with van der Waals surface area (Å²) in [4.78, 5) is 42.1. The van der Waals surface area contributed by atoms with Gasteiger partial charge in [-0.05, 0) is 55.0 Å². The van der Waals surface area contributed by atoms with Crippen molar-refractivity contribution in [2.75, 3.05) is 34.6 Å². The number of benzene rings is 2. The summed E-state index contributed by atoms with van der Waals surface area (Å²) in [5.41, 5.74) is 1.74. The number of urea groups is 1. The highest BCUT2D eigenvalue weighted by atomic mass is 19.4. The lowest BCUT2D eigenvalue weighted by atomic mass is 10.1. The van der Waals surface area contributed by atoms with Gasteiger partial charge in [0.05, 0.1) is 24.9 Å². The Kier molecular flexibility index (Phi) is 7.18. The van der Waals surface area contributed by atoms with Gasteiger partial charge in [0.25, 0.3) is 5.91 Å². The van der Waals surface area contributed by atoms with E-state index in [1.807, 2.05) is 0 Å². The van der Waals surface area contributed by atoms with Crippen LogP contribution in [0.4, 0.5) is 46.8 Å². The molecule has 0 aliphatic carbocycles. The highest BCUT2D eigenvalue weighted by Crippen LogP contribution is 2.34. The maximum atomic E-state index is 13.4. The smallest absolute Gasteiger partial charge is 0.416 e. The number of alkyl halides is 3. The molecule has 2 aromatic carbocycles. The van der Waals surface area contributed by atoms with E-state index in [0.29, 0.717) is 34.3 Å². The molecular weight excluding hydrogens is 539 g/mol. The number of hydrogen-bond donors (Lipinski definition) is 2. The van der Waals surface area contributed by atoms with Crippen LogP contribution in [0.25, 0.3) is 0 Å². The summed E-state index contributed by atoms with van der Waals surface area (Å²) in [6.07, 6.45) is -1.37. The Morgan fingerprint density at radius 3 is 2.63 bits per heavy atom. The Hall–Kier alpha value is -5.20. The summed E-state index contributed by atoms with van der Waals surface area (Å²) < 4.78 is 44.5. The van der Waals surface area contributed by atoms with Crippen LogP contribution in [0.1, 0.15) is 27.0 Å². The summed E-state index contributed by atoms with van der Waals surface area (Å²) in [5, 5.41) is 5.67. The third-order valence-electron chi connectivity index (χ3n) is 6.43. The number of methoxy groups -OCH3 is 1. The maximum absolute atomic E-state index is 13.4. The van der Waals surface area contributed by atoms with Crippen molar-refractivity contribution in [1.29, 1.82) is 0 Å². The van der Waals surface area contributed by atoms with Gasteiger partial charge in [-0.15, -0.1) is 0 Å². The predicted octanol–water partition coefficient (Wildman–Crippen LogP) is 5.78. The molecular formula is C28H24F3N7O3. The predicted molar refractivity (Wildman–Crippen MR) is 147 cm³/mol. The first kappa shape index (κ1) is 27.4. The fraction of sp³-hybridized carbons (Fsp3) is 0.179. The van der Waals surface area contributed by atoms with E-state index in [1.165, 1.54) is 29.0 Å². The van der Waals surface area contributed by atoms with Crippen LogP contribution in [-0.2, 0) is 12.7 Å². The molecule has 3 amide bonds. The van der Waals surface area contributed by atoms with E-state index in [0.717, 1.165) is 17.7 Å². The number of aromatic nitrogens is 3. The lowest BCUT2D eigenvalue weighted by molar-refractivity contribution is -0.137. The van der Waals surface area contributed by atoms with Crippen molar-refractivity contribution in [1.82, 2.24) is 15.0 Å². The summed E-state index contributed by atoms with van der Waals surface area (Å²) in [6.45, 7) is 1.96. The van der Waals surface area contributed by atoms with Crippen molar-refractivity contribution in [2.24, 2.45) is 0 Å². The van der Waals surface area contributed by atoms with Crippen LogP contribution in [0.15, 0.2) is 67.0 Å². The maximum Gasteiger partial charge on any atom is 0.416 e. The van der Waals surface area contributed by atoms with E-state index in [9.17, 15) is 22.8 Å². The molecule has 3 heterocycles. The molecule has 13 heteroatoms. The number of carbonyl (C=O) groups is 2. The number of amides is 3. The molecule has 0 radical (unpaired) electrons. The minimum atomic E-state index is -4.57. The average molecular weight is 564 g/mol. The van der Waals surface area contributed by atoms with Crippen LogP contribution in [-0.4, -0.2) is 41.0 Å². The number of carbonyl (C=O) groups excluding carboxylic acids is 2. The highest BCUT2D eigenvalue weighted by molar-refractivity contribution is 6.07. The number of fused-ring (bicyclic) bond motifs is 1. The standard InChI is InChI=1S/C28H24F3N7O3/c1-16-9-10-20(34-24(39)17-6-4-7-19(12-17)28(29,30)31)13-22(16)38-15-18-14-33-26(36-23(18)37(2)27(38)40)35-21-8-5-11-32-25(21)41-3/h4-14H,15H2,1-3H3,(H,34,39)(H,33,35,36). The summed E-state index contributed by atoms with van der Waals surface area (Å²) in [5.74, 6) is 0.314. The highest BCUT2D eigenvalue weighted by Gasteiger charge is 2.32. The lowest BCUT2D eigenvalue weighted by Gasteiger charge is -2.35. The zero-order chi connectivity index (χ0) is 29.3. The molecule has 0 spiro atoms. The zero-order valence-corrected chi connectivity index (χ0v) is 22.2. The molecule has 4 aromatic rings. The van der Waals surface area contributed by atoms with Crippen molar-refractivity contribution in [3.63, 3.8) is 0 Å². The van der Waals surface area contributed by atoms with Gasteiger partial charge in [-0.3, -0.25) is 14.6 Å². The molecule has 2 aromatic heterocycles. The Morgan fingerprint density at radius 1 is 1.07 bits per heavy atom. The molecule has 210 valence electrons. The van der Waals surface area contributed by atoms with Crippen molar-refractivity contribution in [3.8, 4) is 5.88 Å². The van der Waals surface area contributed by atoms with Crippen molar-refractivity contribution in [3.05, 3.63) is 89.2 Å². The van der Waals surface area contributed by atoms with Crippen LogP contribution in [0.5, 0.6) is 5.88 Å². The molecule has 1 aliphatic rings. The number of hydrogen-bond acceptors (Lipinski definition) is 7. The van der Waals surface area contributed by atoms with Crippen LogP contribution >= 0.6 is 0 Å². The SMILES string of the molecule is COc1ncccc1Nc1ncc2c(n1)N(C)C(=O)N(c1cc(NC(=O)c3cccc(C(F)(F)F)c3)ccc1C)C2. The molecule has 0 saturated carbocycles. The number of pyridine rings is 1. The quantitative estimate of drug-likeness (QED) is 0.306. The molecule has 41 heavy (non-hydrogen) atoms. The topological polar surface area (TPSA) is 113 Å². The molecule has 5 rings (SSSR count). The fourth-order valence-corrected chi connectivity index (χ4v) is 4.34. The van der Waals surface area contributed by atoms with Crippen molar-refractivity contribution < 1.29 is 27.5 Å². The summed E-state index contributed by atoms with van der Waals surface area (Å²) >= 11 is 0. The number of rotatable bonds is 6. The third kappa shape index (κ3) is 5.60. The lowest BCUT2D eigenvalue weighted by Crippen LogP contribution is -2.46. The fourth-order valence-electron chi connectivity index (χ4n) is 4.34. The first-order valence-corrected chi connectivity index (χ1v) is 12.3. The first-order chi connectivity index (χ1) is 19.5. The van der Waals surface area contributed by atoms with Gasteiger partial charge < -0.3 is 15.4 Å². The average Bonchev–Trinajstić information content (AvgIpc) is 2.96. The van der Waals surface area contributed by atoms with Crippen LogP contribution in [0.3, 0.4) is 0 Å². The number of ether oxygens (including phenoxy) is 1. The first-order valence-electron chi connectivity index (χ1n) is 12.3. The number of anilines is 5. The third-order valence-corrected chi connectivity index (χ3v) is 6.43. The van der Waals surface area contributed by atoms with E-state index in [4.69, 9.17) is 4.74 Å². The second-order valence-corrected chi connectivity index (χ2v) is 9.19. The second kappa shape index (κ2) is 10.8.